The lowest BCUT2D eigenvalue weighted by atomic mass is 10.2. The van der Waals surface area contributed by atoms with Crippen LogP contribution in [0.1, 0.15) is 18.9 Å². The van der Waals surface area contributed by atoms with Crippen molar-refractivity contribution in [3.05, 3.63) is 40.4 Å². The third kappa shape index (κ3) is 2.89. The van der Waals surface area contributed by atoms with E-state index < -0.39 is 0 Å². The largest absolute Gasteiger partial charge is 0.0842 e. The van der Waals surface area contributed by atoms with E-state index in [9.17, 15) is 0 Å². The molecule has 0 nitrogen and oxygen atoms in total. The summed E-state index contributed by atoms with van der Waals surface area (Å²) in [5.41, 5.74) is 1.25. The molecular weight excluding hydrogens is 200 g/mol. The lowest BCUT2D eigenvalue weighted by Gasteiger charge is -1.92. The van der Waals surface area contributed by atoms with Crippen molar-refractivity contribution >= 4 is 22.0 Å². The molecule has 0 radical (unpaired) electrons. The Balaban J connectivity index is 2.79. The van der Waals surface area contributed by atoms with Gasteiger partial charge in [-0.15, -0.1) is 0 Å². The average Bonchev–Trinajstić information content (AvgIpc) is 2.01. The van der Waals surface area contributed by atoms with Gasteiger partial charge in [-0.1, -0.05) is 47.1 Å². The summed E-state index contributed by atoms with van der Waals surface area (Å²) in [6, 6.07) is 8.27. The number of halogens is 1. The Morgan fingerprint density at radius 1 is 1.45 bits per heavy atom. The van der Waals surface area contributed by atoms with Crippen molar-refractivity contribution in [2.45, 2.75) is 13.3 Å². The molecule has 0 saturated carbocycles. The van der Waals surface area contributed by atoms with Gasteiger partial charge in [-0.05, 0) is 24.1 Å². The third-order valence-corrected chi connectivity index (χ3v) is 1.89. The molecule has 1 aromatic rings. The van der Waals surface area contributed by atoms with Gasteiger partial charge in [0.25, 0.3) is 0 Å². The highest BCUT2D eigenvalue weighted by Gasteiger charge is 1.86. The molecule has 0 amide bonds. The monoisotopic (exact) mass is 210 g/mol. The van der Waals surface area contributed by atoms with Crippen molar-refractivity contribution in [2.24, 2.45) is 0 Å². The minimum Gasteiger partial charge on any atom is -0.0842 e. The summed E-state index contributed by atoms with van der Waals surface area (Å²) in [4.78, 5) is 0. The highest BCUT2D eigenvalue weighted by atomic mass is 79.9. The first-order chi connectivity index (χ1) is 5.33. The van der Waals surface area contributed by atoms with E-state index in [0.717, 1.165) is 10.9 Å². The van der Waals surface area contributed by atoms with Crippen LogP contribution in [0.3, 0.4) is 0 Å². The summed E-state index contributed by atoms with van der Waals surface area (Å²) in [7, 11) is 0. The second-order valence-electron chi connectivity index (χ2n) is 2.37. The summed E-state index contributed by atoms with van der Waals surface area (Å²) in [6.07, 6.45) is 5.37. The quantitative estimate of drug-likeness (QED) is 0.696. The molecule has 0 aliphatic rings. The molecule has 58 valence electrons. The number of hydrogen-bond donors (Lipinski definition) is 0. The molecule has 0 aliphatic carbocycles. The molecule has 0 aromatic heterocycles. The second-order valence-corrected chi connectivity index (χ2v) is 3.28. The molecule has 0 unspecified atom stereocenters. The molecule has 1 rings (SSSR count). The van der Waals surface area contributed by atoms with E-state index in [1.807, 2.05) is 12.1 Å². The lowest BCUT2D eigenvalue weighted by Crippen LogP contribution is -1.70. The van der Waals surface area contributed by atoms with E-state index in [4.69, 9.17) is 0 Å². The fraction of sp³-hybridized carbons (Fsp3) is 0.200. The summed E-state index contributed by atoms with van der Waals surface area (Å²) >= 11 is 3.42. The summed E-state index contributed by atoms with van der Waals surface area (Å²) in [5, 5.41) is 0. The van der Waals surface area contributed by atoms with Crippen LogP contribution in [0.4, 0.5) is 0 Å². The molecule has 0 atom stereocenters. The predicted molar refractivity (Wildman–Crippen MR) is 53.5 cm³/mol. The summed E-state index contributed by atoms with van der Waals surface area (Å²) in [5.74, 6) is 0. The molecule has 0 fully saturated rings. The summed E-state index contributed by atoms with van der Waals surface area (Å²) < 4.78 is 1.13. The highest BCUT2D eigenvalue weighted by Crippen LogP contribution is 2.12. The lowest BCUT2D eigenvalue weighted by molar-refractivity contribution is 1.23. The molecule has 1 aromatic carbocycles. The first-order valence-electron chi connectivity index (χ1n) is 3.75. The van der Waals surface area contributed by atoms with Crippen LogP contribution in [0.2, 0.25) is 0 Å². The van der Waals surface area contributed by atoms with E-state index in [1.54, 1.807) is 0 Å². The summed E-state index contributed by atoms with van der Waals surface area (Å²) in [6.45, 7) is 2.13. The van der Waals surface area contributed by atoms with E-state index in [-0.39, 0.29) is 0 Å². The molecule has 0 N–H and O–H groups in total. The minimum atomic E-state index is 1.09. The Hall–Kier alpha value is -0.560. The second kappa shape index (κ2) is 4.35. The maximum Gasteiger partial charge on any atom is 0.0181 e. The van der Waals surface area contributed by atoms with Crippen LogP contribution in [-0.4, -0.2) is 0 Å². The third-order valence-electron chi connectivity index (χ3n) is 1.39. The van der Waals surface area contributed by atoms with Crippen LogP contribution >= 0.6 is 15.9 Å². The Bertz CT molecular complexity index is 251. The van der Waals surface area contributed by atoms with E-state index in [2.05, 4.69) is 47.1 Å². The van der Waals surface area contributed by atoms with Crippen LogP contribution in [-0.2, 0) is 0 Å². The number of allylic oxidation sites excluding steroid dienone is 1. The number of benzene rings is 1. The van der Waals surface area contributed by atoms with Crippen molar-refractivity contribution in [3.63, 3.8) is 0 Å². The van der Waals surface area contributed by atoms with Crippen LogP contribution < -0.4 is 0 Å². The van der Waals surface area contributed by atoms with E-state index in [1.165, 1.54) is 5.56 Å². The first-order valence-corrected chi connectivity index (χ1v) is 4.54. The zero-order chi connectivity index (χ0) is 8.10. The van der Waals surface area contributed by atoms with Gasteiger partial charge in [0.1, 0.15) is 0 Å². The average molecular weight is 211 g/mol. The van der Waals surface area contributed by atoms with Gasteiger partial charge in [-0.2, -0.15) is 0 Å². The Labute approximate surface area is 76.1 Å². The molecule has 0 spiro atoms. The van der Waals surface area contributed by atoms with Crippen molar-refractivity contribution < 1.29 is 0 Å². The minimum absolute atomic E-state index is 1.09. The fourth-order valence-electron chi connectivity index (χ4n) is 0.864. The maximum absolute atomic E-state index is 3.42. The molecule has 0 saturated heterocycles. The van der Waals surface area contributed by atoms with Crippen molar-refractivity contribution in [1.29, 1.82) is 0 Å². The van der Waals surface area contributed by atoms with Crippen LogP contribution in [0, 0.1) is 0 Å². The maximum atomic E-state index is 3.42. The normalized spacial score (nSPS) is 10.7. The zero-order valence-corrected chi connectivity index (χ0v) is 8.14. The predicted octanol–water partition coefficient (Wildman–Crippen LogP) is 3.87. The number of hydrogen-bond acceptors (Lipinski definition) is 0. The number of rotatable bonds is 2. The Kier molecular flexibility index (Phi) is 3.37. The van der Waals surface area contributed by atoms with Crippen molar-refractivity contribution in [3.8, 4) is 0 Å². The molecule has 0 aliphatic heterocycles. The van der Waals surface area contributed by atoms with Crippen LogP contribution in [0.15, 0.2) is 34.8 Å². The standard InChI is InChI=1S/C10H11Br/c1-2-3-5-9-6-4-7-10(11)8-9/h3-8H,2H2,1H3. The van der Waals surface area contributed by atoms with E-state index in [0.29, 0.717) is 0 Å². The van der Waals surface area contributed by atoms with Gasteiger partial charge in [0.05, 0.1) is 0 Å². The molecular formula is C10H11Br. The fourth-order valence-corrected chi connectivity index (χ4v) is 1.28. The highest BCUT2D eigenvalue weighted by molar-refractivity contribution is 9.10. The van der Waals surface area contributed by atoms with E-state index >= 15 is 0 Å². The van der Waals surface area contributed by atoms with Gasteiger partial charge in [-0.3, -0.25) is 0 Å². The van der Waals surface area contributed by atoms with Gasteiger partial charge in [0.2, 0.25) is 0 Å². The first kappa shape index (κ1) is 8.54. The Morgan fingerprint density at radius 2 is 2.27 bits per heavy atom. The van der Waals surface area contributed by atoms with Crippen molar-refractivity contribution in [1.82, 2.24) is 0 Å². The van der Waals surface area contributed by atoms with Gasteiger partial charge in [0.15, 0.2) is 0 Å². The van der Waals surface area contributed by atoms with Crippen molar-refractivity contribution in [2.75, 3.05) is 0 Å². The van der Waals surface area contributed by atoms with Crippen LogP contribution in [0.25, 0.3) is 6.08 Å². The SMILES string of the molecule is CCC=Cc1cccc(Br)c1. The topological polar surface area (TPSA) is 0 Å². The molecule has 1 heteroatoms. The Morgan fingerprint density at radius 3 is 2.91 bits per heavy atom. The van der Waals surface area contributed by atoms with Gasteiger partial charge < -0.3 is 0 Å². The van der Waals surface area contributed by atoms with Gasteiger partial charge in [-0.25, -0.2) is 0 Å². The zero-order valence-electron chi connectivity index (χ0n) is 6.55. The molecule has 0 heterocycles. The van der Waals surface area contributed by atoms with Crippen LogP contribution in [0.5, 0.6) is 0 Å². The molecule has 11 heavy (non-hydrogen) atoms. The van der Waals surface area contributed by atoms with Gasteiger partial charge in [0, 0.05) is 4.47 Å². The van der Waals surface area contributed by atoms with Gasteiger partial charge >= 0.3 is 0 Å². The molecule has 0 bridgehead atoms. The smallest absolute Gasteiger partial charge is 0.0181 e.